The van der Waals surface area contributed by atoms with E-state index in [1.807, 2.05) is 0 Å². The van der Waals surface area contributed by atoms with Crippen LogP contribution in [0, 0.1) is 0 Å². The molecular formula is C52H33Br4N. The van der Waals surface area contributed by atoms with E-state index in [1.54, 1.807) is 0 Å². The summed E-state index contributed by atoms with van der Waals surface area (Å²) < 4.78 is 6.77. The van der Waals surface area contributed by atoms with E-state index in [2.05, 4.69) is 245 Å². The Morgan fingerprint density at radius 1 is 0.368 bits per heavy atom. The highest BCUT2D eigenvalue weighted by molar-refractivity contribution is 9.11. The van der Waals surface area contributed by atoms with Crippen molar-refractivity contribution in [3.8, 4) is 22.3 Å². The van der Waals surface area contributed by atoms with Crippen LogP contribution in [0.4, 0.5) is 0 Å². The fourth-order valence-electron chi connectivity index (χ4n) is 10.4. The number of fused-ring (bicyclic) bond motifs is 9. The molecule has 1 nitrogen and oxygen atoms in total. The molecule has 0 radical (unpaired) electrons. The first-order valence-electron chi connectivity index (χ1n) is 19.2. The van der Waals surface area contributed by atoms with Crippen LogP contribution in [0.2, 0.25) is 0 Å². The Morgan fingerprint density at radius 2 is 0.702 bits per heavy atom. The van der Waals surface area contributed by atoms with Gasteiger partial charge in [-0.25, -0.2) is 0 Å². The van der Waals surface area contributed by atoms with Crippen molar-refractivity contribution in [1.82, 2.24) is 4.57 Å². The molecule has 0 fully saturated rings. The lowest BCUT2D eigenvalue weighted by molar-refractivity contribution is 0.767. The lowest BCUT2D eigenvalue weighted by atomic mass is 9.67. The van der Waals surface area contributed by atoms with Crippen LogP contribution in [0.25, 0.3) is 44.1 Å². The zero-order valence-electron chi connectivity index (χ0n) is 30.8. The van der Waals surface area contributed by atoms with Crippen LogP contribution in [0.15, 0.2) is 188 Å². The second-order valence-corrected chi connectivity index (χ2v) is 18.9. The zero-order valence-corrected chi connectivity index (χ0v) is 37.2. The van der Waals surface area contributed by atoms with Crippen LogP contribution in [0.1, 0.15) is 51.4 Å². The Balaban J connectivity index is 1.25. The first kappa shape index (κ1) is 35.6. The summed E-state index contributed by atoms with van der Waals surface area (Å²) in [5, 5.41) is 2.51. The van der Waals surface area contributed by atoms with Crippen molar-refractivity contribution >= 4 is 85.5 Å². The van der Waals surface area contributed by atoms with Gasteiger partial charge in [0.2, 0.25) is 0 Å². The van der Waals surface area contributed by atoms with Gasteiger partial charge in [0.1, 0.15) is 0 Å². The number of hydrogen-bond donors (Lipinski definition) is 0. The summed E-state index contributed by atoms with van der Waals surface area (Å²) in [6, 6.07) is 63.8. The minimum absolute atomic E-state index is 0.543. The van der Waals surface area contributed by atoms with Crippen LogP contribution in [0.5, 0.6) is 0 Å². The van der Waals surface area contributed by atoms with E-state index < -0.39 is 10.8 Å². The molecule has 1 heterocycles. The predicted molar refractivity (Wildman–Crippen MR) is 251 cm³/mol. The molecule has 0 saturated heterocycles. The van der Waals surface area contributed by atoms with E-state index in [9.17, 15) is 0 Å². The second kappa shape index (κ2) is 13.3. The number of nitrogens with zero attached hydrogens (tertiary/aromatic N) is 1. The summed E-state index contributed by atoms with van der Waals surface area (Å²) in [4.78, 5) is 0. The van der Waals surface area contributed by atoms with Gasteiger partial charge in [-0.1, -0.05) is 161 Å². The molecule has 8 aromatic carbocycles. The number of benzene rings is 8. The van der Waals surface area contributed by atoms with Crippen LogP contribution >= 0.6 is 63.7 Å². The van der Waals surface area contributed by atoms with Gasteiger partial charge in [0.05, 0.1) is 10.8 Å². The smallest absolute Gasteiger partial charge is 0.0714 e. The van der Waals surface area contributed by atoms with Crippen molar-refractivity contribution in [3.05, 3.63) is 232 Å². The molecule has 2 aliphatic carbocycles. The molecule has 57 heavy (non-hydrogen) atoms. The number of aryl methyl sites for hydroxylation is 1. The van der Waals surface area contributed by atoms with Gasteiger partial charge in [0, 0.05) is 46.2 Å². The molecule has 0 saturated carbocycles. The molecule has 0 atom stereocenters. The Hall–Kier alpha value is -4.52. The Bertz CT molecular complexity index is 2800. The summed E-state index contributed by atoms with van der Waals surface area (Å²) in [7, 11) is 0. The van der Waals surface area contributed by atoms with Gasteiger partial charge >= 0.3 is 0 Å². The third-order valence-electron chi connectivity index (χ3n) is 12.6. The van der Waals surface area contributed by atoms with Gasteiger partial charge in [-0.05, 0) is 146 Å². The maximum atomic E-state index is 3.88. The molecule has 0 amide bonds. The lowest BCUT2D eigenvalue weighted by Crippen LogP contribution is -2.28. The molecule has 0 unspecified atom stereocenters. The van der Waals surface area contributed by atoms with Crippen molar-refractivity contribution in [2.45, 2.75) is 24.3 Å². The highest BCUT2D eigenvalue weighted by atomic mass is 79.9. The minimum atomic E-state index is -0.543. The van der Waals surface area contributed by atoms with Crippen LogP contribution in [-0.2, 0) is 17.4 Å². The SMILES string of the molecule is CCn1c2ccc(C3(c4ccccc4)c4cc(Br)ccc4-c4ccc(Br)cc43)cc2c2cc(C3(c4ccccc4)c4cc(Br)ccc4-c4ccc(Br)cc43)ccc21. The fraction of sp³-hybridized carbons (Fsp3) is 0.0769. The average molecular weight is 991 g/mol. The van der Waals surface area contributed by atoms with Crippen LogP contribution in [0.3, 0.4) is 0 Å². The molecule has 0 bridgehead atoms. The van der Waals surface area contributed by atoms with Gasteiger partial charge in [0.15, 0.2) is 0 Å². The molecule has 274 valence electrons. The maximum absolute atomic E-state index is 3.88. The zero-order chi connectivity index (χ0) is 38.6. The monoisotopic (exact) mass is 987 g/mol. The van der Waals surface area contributed by atoms with E-state index in [4.69, 9.17) is 0 Å². The molecule has 2 aliphatic rings. The highest BCUT2D eigenvalue weighted by Gasteiger charge is 2.48. The summed E-state index contributed by atoms with van der Waals surface area (Å²) in [6.07, 6.45) is 0. The molecule has 1 aromatic heterocycles. The molecule has 5 heteroatoms. The van der Waals surface area contributed by atoms with Crippen LogP contribution < -0.4 is 0 Å². The van der Waals surface area contributed by atoms with Crippen molar-refractivity contribution in [2.24, 2.45) is 0 Å². The van der Waals surface area contributed by atoms with E-state index in [0.717, 1.165) is 24.4 Å². The van der Waals surface area contributed by atoms with Crippen LogP contribution in [-0.4, -0.2) is 4.57 Å². The summed E-state index contributed by atoms with van der Waals surface area (Å²) >= 11 is 15.5. The van der Waals surface area contributed by atoms with E-state index >= 15 is 0 Å². The lowest BCUT2D eigenvalue weighted by Gasteiger charge is -2.34. The largest absolute Gasteiger partial charge is 0.341 e. The van der Waals surface area contributed by atoms with Crippen molar-refractivity contribution in [2.75, 3.05) is 0 Å². The van der Waals surface area contributed by atoms with Gasteiger partial charge in [0.25, 0.3) is 0 Å². The van der Waals surface area contributed by atoms with E-state index in [0.29, 0.717) is 0 Å². The molecule has 11 rings (SSSR count). The number of aromatic nitrogens is 1. The Labute approximate surface area is 365 Å². The quantitative estimate of drug-likeness (QED) is 0.162. The van der Waals surface area contributed by atoms with Gasteiger partial charge in [-0.2, -0.15) is 0 Å². The standard InChI is InChI=1S/C52H33Br4N/c1-2-57-49-23-13-33(51(31-9-5-3-6-10-31)45-27-35(53)15-19-39(45)40-20-16-36(54)28-46(40)51)25-43(49)44-26-34(14-24-50(44)57)52(32-11-7-4-8-12-32)47-29-37(55)17-21-41(47)42-22-18-38(56)30-48(42)52/h3-30H,2H2,1H3. The average Bonchev–Trinajstić information content (AvgIpc) is 3.81. The van der Waals surface area contributed by atoms with Crippen molar-refractivity contribution in [3.63, 3.8) is 0 Å². The third-order valence-corrected chi connectivity index (χ3v) is 14.6. The molecule has 9 aromatic rings. The van der Waals surface area contributed by atoms with Gasteiger partial charge < -0.3 is 4.57 Å². The predicted octanol–water partition coefficient (Wildman–Crippen LogP) is 15.6. The van der Waals surface area contributed by atoms with Crippen molar-refractivity contribution < 1.29 is 0 Å². The molecule has 0 N–H and O–H groups in total. The maximum Gasteiger partial charge on any atom is 0.0714 e. The number of hydrogen-bond acceptors (Lipinski definition) is 0. The molecule has 0 spiro atoms. The van der Waals surface area contributed by atoms with E-state index in [-0.39, 0.29) is 0 Å². The van der Waals surface area contributed by atoms with Crippen molar-refractivity contribution in [1.29, 1.82) is 0 Å². The summed E-state index contributed by atoms with van der Waals surface area (Å²) in [6.45, 7) is 3.12. The summed E-state index contributed by atoms with van der Waals surface area (Å²) in [5.41, 5.74) is 16.6. The minimum Gasteiger partial charge on any atom is -0.341 e. The molecular weight excluding hydrogens is 958 g/mol. The third kappa shape index (κ3) is 4.96. The summed E-state index contributed by atoms with van der Waals surface area (Å²) in [5.74, 6) is 0. The van der Waals surface area contributed by atoms with Gasteiger partial charge in [-0.3, -0.25) is 0 Å². The first-order chi connectivity index (χ1) is 27.8. The molecule has 0 aliphatic heterocycles. The topological polar surface area (TPSA) is 4.93 Å². The fourth-order valence-corrected chi connectivity index (χ4v) is 11.8. The van der Waals surface area contributed by atoms with Gasteiger partial charge in [-0.15, -0.1) is 0 Å². The Morgan fingerprint density at radius 3 is 1.02 bits per heavy atom. The Kier molecular flexibility index (Phi) is 8.29. The highest BCUT2D eigenvalue weighted by Crippen LogP contribution is 2.59. The number of rotatable bonds is 5. The first-order valence-corrected chi connectivity index (χ1v) is 22.4. The second-order valence-electron chi connectivity index (χ2n) is 15.2. The normalized spacial score (nSPS) is 14.4. The number of halogens is 4. The van der Waals surface area contributed by atoms with E-state index in [1.165, 1.54) is 88.6 Å².